The molecule has 0 unspecified atom stereocenters. The summed E-state index contributed by atoms with van der Waals surface area (Å²) in [7, 11) is 0. The van der Waals surface area contributed by atoms with E-state index in [0.29, 0.717) is 23.6 Å². The topological polar surface area (TPSA) is 87.3 Å². The average molecular weight is 275 g/mol. The van der Waals surface area contributed by atoms with Crippen molar-refractivity contribution in [3.05, 3.63) is 51.8 Å². The minimum Gasteiger partial charge on any atom is -0.462 e. The third-order valence-electron chi connectivity index (χ3n) is 2.81. The first-order valence-electron chi connectivity index (χ1n) is 6.01. The molecule has 0 atom stereocenters. The molecule has 1 heterocycles. The van der Waals surface area contributed by atoms with Gasteiger partial charge in [0.05, 0.1) is 29.1 Å². The van der Waals surface area contributed by atoms with Gasteiger partial charge in [0.25, 0.3) is 5.69 Å². The fraction of sp³-hybridized carbons (Fsp3) is 0.231. The number of ether oxygens (including phenoxy) is 1. The number of nitro benzene ring substituents is 1. The van der Waals surface area contributed by atoms with Gasteiger partial charge in [-0.2, -0.15) is 5.10 Å². The van der Waals surface area contributed by atoms with Crippen LogP contribution in [0.3, 0.4) is 0 Å². The highest BCUT2D eigenvalue weighted by molar-refractivity contribution is 5.90. The SMILES string of the molecule is CCOC(=O)c1cnn(-c2ccc([N+](=O)[O-])cc2)c1C. The van der Waals surface area contributed by atoms with E-state index in [2.05, 4.69) is 5.10 Å². The Labute approximate surface area is 114 Å². The molecule has 7 heteroatoms. The number of nitro groups is 1. The first-order valence-corrected chi connectivity index (χ1v) is 6.01. The van der Waals surface area contributed by atoms with E-state index in [1.54, 1.807) is 26.0 Å². The van der Waals surface area contributed by atoms with E-state index < -0.39 is 10.9 Å². The van der Waals surface area contributed by atoms with Crippen molar-refractivity contribution < 1.29 is 14.5 Å². The lowest BCUT2D eigenvalue weighted by molar-refractivity contribution is -0.384. The van der Waals surface area contributed by atoms with Gasteiger partial charge in [-0.25, -0.2) is 9.48 Å². The first-order chi connectivity index (χ1) is 9.54. The molecule has 0 fully saturated rings. The summed E-state index contributed by atoms with van der Waals surface area (Å²) in [6.45, 7) is 3.76. The number of non-ortho nitro benzene ring substituents is 1. The molecule has 2 rings (SSSR count). The Bertz CT molecular complexity index is 646. The number of benzene rings is 1. The maximum atomic E-state index is 11.7. The van der Waals surface area contributed by atoms with Gasteiger partial charge < -0.3 is 4.74 Å². The van der Waals surface area contributed by atoms with Gasteiger partial charge in [0.15, 0.2) is 0 Å². The number of carbonyl (C=O) groups is 1. The lowest BCUT2D eigenvalue weighted by atomic mass is 10.2. The van der Waals surface area contributed by atoms with Crippen molar-refractivity contribution in [2.24, 2.45) is 0 Å². The van der Waals surface area contributed by atoms with E-state index in [9.17, 15) is 14.9 Å². The molecule has 0 saturated heterocycles. The van der Waals surface area contributed by atoms with Crippen LogP contribution < -0.4 is 0 Å². The van der Waals surface area contributed by atoms with Gasteiger partial charge in [0.1, 0.15) is 5.56 Å². The molecular formula is C13H13N3O4. The van der Waals surface area contributed by atoms with Crippen molar-refractivity contribution in [3.8, 4) is 5.69 Å². The van der Waals surface area contributed by atoms with Crippen LogP contribution in [0.5, 0.6) is 0 Å². The molecule has 0 bridgehead atoms. The number of esters is 1. The highest BCUT2D eigenvalue weighted by Crippen LogP contribution is 2.18. The van der Waals surface area contributed by atoms with Gasteiger partial charge in [0, 0.05) is 12.1 Å². The van der Waals surface area contributed by atoms with Crippen molar-refractivity contribution in [2.75, 3.05) is 6.61 Å². The Morgan fingerprint density at radius 1 is 1.40 bits per heavy atom. The summed E-state index contributed by atoms with van der Waals surface area (Å²) in [5.41, 5.74) is 1.65. The van der Waals surface area contributed by atoms with E-state index in [4.69, 9.17) is 4.74 Å². The molecule has 104 valence electrons. The molecule has 0 spiro atoms. The molecule has 1 aromatic heterocycles. The third-order valence-corrected chi connectivity index (χ3v) is 2.81. The average Bonchev–Trinajstić information content (AvgIpc) is 2.81. The minimum atomic E-state index is -0.468. The van der Waals surface area contributed by atoms with Gasteiger partial charge in [-0.15, -0.1) is 0 Å². The highest BCUT2D eigenvalue weighted by atomic mass is 16.6. The molecule has 0 aliphatic carbocycles. The summed E-state index contributed by atoms with van der Waals surface area (Å²) >= 11 is 0. The molecular weight excluding hydrogens is 262 g/mol. The summed E-state index contributed by atoms with van der Waals surface area (Å²) in [4.78, 5) is 21.8. The lowest BCUT2D eigenvalue weighted by Crippen LogP contribution is -2.06. The van der Waals surface area contributed by atoms with Crippen LogP contribution in [0.15, 0.2) is 30.5 Å². The first kappa shape index (κ1) is 13.7. The van der Waals surface area contributed by atoms with Crippen LogP contribution in [0.4, 0.5) is 5.69 Å². The number of aromatic nitrogens is 2. The summed E-state index contributed by atoms with van der Waals surface area (Å²) < 4.78 is 6.46. The Hall–Kier alpha value is -2.70. The second-order valence-corrected chi connectivity index (χ2v) is 4.05. The Balaban J connectivity index is 2.34. The molecule has 0 amide bonds. The molecule has 0 saturated carbocycles. The zero-order valence-corrected chi connectivity index (χ0v) is 11.1. The summed E-state index contributed by atoms with van der Waals surface area (Å²) in [6.07, 6.45) is 1.43. The van der Waals surface area contributed by atoms with E-state index in [-0.39, 0.29) is 5.69 Å². The van der Waals surface area contributed by atoms with Gasteiger partial charge in [-0.3, -0.25) is 10.1 Å². The molecule has 2 aromatic rings. The zero-order chi connectivity index (χ0) is 14.7. The van der Waals surface area contributed by atoms with Crippen LogP contribution in [0.25, 0.3) is 5.69 Å². The number of hydrogen-bond donors (Lipinski definition) is 0. The second kappa shape index (κ2) is 5.52. The fourth-order valence-corrected chi connectivity index (χ4v) is 1.79. The highest BCUT2D eigenvalue weighted by Gasteiger charge is 2.16. The zero-order valence-electron chi connectivity index (χ0n) is 11.1. The summed E-state index contributed by atoms with van der Waals surface area (Å²) in [6, 6.07) is 5.93. The number of hydrogen-bond acceptors (Lipinski definition) is 5. The predicted molar refractivity (Wildman–Crippen MR) is 70.9 cm³/mol. The standard InChI is InChI=1S/C13H13N3O4/c1-3-20-13(17)12-8-14-15(9(12)2)10-4-6-11(7-5-10)16(18)19/h4-8H,3H2,1-2H3. The van der Waals surface area contributed by atoms with Gasteiger partial charge in [-0.05, 0) is 26.0 Å². The van der Waals surface area contributed by atoms with Gasteiger partial charge in [-0.1, -0.05) is 0 Å². The Morgan fingerprint density at radius 3 is 2.60 bits per heavy atom. The monoisotopic (exact) mass is 275 g/mol. The van der Waals surface area contributed by atoms with Crippen LogP contribution in [-0.2, 0) is 4.74 Å². The largest absolute Gasteiger partial charge is 0.462 e. The van der Waals surface area contributed by atoms with Crippen molar-refractivity contribution in [1.82, 2.24) is 9.78 Å². The summed E-state index contributed by atoms with van der Waals surface area (Å²) in [5, 5.41) is 14.7. The number of carbonyl (C=O) groups excluding carboxylic acids is 1. The molecule has 0 N–H and O–H groups in total. The number of rotatable bonds is 4. The smallest absolute Gasteiger partial charge is 0.341 e. The van der Waals surface area contributed by atoms with Gasteiger partial charge in [0.2, 0.25) is 0 Å². The van der Waals surface area contributed by atoms with Crippen LogP contribution >= 0.6 is 0 Å². The van der Waals surface area contributed by atoms with E-state index in [1.807, 2.05) is 0 Å². The Kier molecular flexibility index (Phi) is 3.79. The maximum Gasteiger partial charge on any atom is 0.341 e. The molecule has 1 aromatic carbocycles. The lowest BCUT2D eigenvalue weighted by Gasteiger charge is -2.05. The van der Waals surface area contributed by atoms with Crippen LogP contribution in [0.1, 0.15) is 23.0 Å². The van der Waals surface area contributed by atoms with Crippen molar-refractivity contribution in [3.63, 3.8) is 0 Å². The van der Waals surface area contributed by atoms with Crippen LogP contribution in [-0.4, -0.2) is 27.3 Å². The van der Waals surface area contributed by atoms with Crippen molar-refractivity contribution in [1.29, 1.82) is 0 Å². The fourth-order valence-electron chi connectivity index (χ4n) is 1.79. The third kappa shape index (κ3) is 2.51. The van der Waals surface area contributed by atoms with Gasteiger partial charge >= 0.3 is 5.97 Å². The quantitative estimate of drug-likeness (QED) is 0.485. The second-order valence-electron chi connectivity index (χ2n) is 4.05. The maximum absolute atomic E-state index is 11.7. The van der Waals surface area contributed by atoms with Crippen LogP contribution in [0.2, 0.25) is 0 Å². The number of nitrogens with zero attached hydrogens (tertiary/aromatic N) is 3. The predicted octanol–water partition coefficient (Wildman–Crippen LogP) is 2.27. The van der Waals surface area contributed by atoms with E-state index >= 15 is 0 Å². The van der Waals surface area contributed by atoms with E-state index in [1.165, 1.54) is 23.0 Å². The molecule has 20 heavy (non-hydrogen) atoms. The van der Waals surface area contributed by atoms with Crippen molar-refractivity contribution >= 4 is 11.7 Å². The normalized spacial score (nSPS) is 10.3. The molecule has 0 radical (unpaired) electrons. The van der Waals surface area contributed by atoms with Crippen LogP contribution in [0, 0.1) is 17.0 Å². The van der Waals surface area contributed by atoms with E-state index in [0.717, 1.165) is 0 Å². The molecule has 7 nitrogen and oxygen atoms in total. The summed E-state index contributed by atoms with van der Waals surface area (Å²) in [5.74, 6) is -0.432. The van der Waals surface area contributed by atoms with Crippen molar-refractivity contribution in [2.45, 2.75) is 13.8 Å². The molecule has 0 aliphatic heterocycles. The minimum absolute atomic E-state index is 0.00387. The Morgan fingerprint density at radius 2 is 2.05 bits per heavy atom. The molecule has 0 aliphatic rings.